The van der Waals surface area contributed by atoms with E-state index in [0.29, 0.717) is 53.5 Å². The smallest absolute Gasteiger partial charge is 0.338 e. The van der Waals surface area contributed by atoms with Gasteiger partial charge in [-0.25, -0.2) is 9.79 Å². The maximum atomic E-state index is 14.3. The lowest BCUT2D eigenvalue weighted by Gasteiger charge is -2.25. The Balaban J connectivity index is 1.65. The average Bonchev–Trinajstić information content (AvgIpc) is 3.31. The van der Waals surface area contributed by atoms with E-state index in [9.17, 15) is 9.59 Å². The van der Waals surface area contributed by atoms with Gasteiger partial charge in [0.2, 0.25) is 0 Å². The summed E-state index contributed by atoms with van der Waals surface area (Å²) in [7, 11) is 1.55. The fraction of sp³-hybridized carbons (Fsp3) is 0.265. The Morgan fingerprint density at radius 3 is 2.57 bits per heavy atom. The van der Waals surface area contributed by atoms with Gasteiger partial charge < -0.3 is 18.9 Å². The van der Waals surface area contributed by atoms with Gasteiger partial charge in [0.15, 0.2) is 16.3 Å². The molecule has 1 atom stereocenters. The van der Waals surface area contributed by atoms with E-state index in [4.69, 9.17) is 47.1 Å². The van der Waals surface area contributed by atoms with E-state index in [1.54, 1.807) is 51.3 Å². The predicted molar refractivity (Wildman–Crippen MR) is 197 cm³/mol. The van der Waals surface area contributed by atoms with Crippen molar-refractivity contribution in [3.8, 4) is 17.2 Å². The highest BCUT2D eigenvalue weighted by Crippen LogP contribution is 2.37. The van der Waals surface area contributed by atoms with Crippen LogP contribution in [0.15, 0.2) is 74.1 Å². The predicted octanol–water partition coefficient (Wildman–Crippen LogP) is 7.85. The normalized spacial score (nSPS) is 14.6. The second-order valence-corrected chi connectivity index (χ2v) is 14.6. The molecule has 8 nitrogen and oxygen atoms in total. The van der Waals surface area contributed by atoms with Crippen molar-refractivity contribution in [2.24, 2.45) is 4.99 Å². The highest BCUT2D eigenvalue weighted by molar-refractivity contribution is 14.1. The number of ether oxygens (including phenoxy) is 4. The van der Waals surface area contributed by atoms with E-state index in [-0.39, 0.29) is 30.5 Å². The van der Waals surface area contributed by atoms with Gasteiger partial charge in [-0.2, -0.15) is 0 Å². The number of allylic oxidation sites excluding steroid dienone is 1. The summed E-state index contributed by atoms with van der Waals surface area (Å²) in [6, 6.07) is 13.7. The molecule has 0 fully saturated rings. The highest BCUT2D eigenvalue weighted by Gasteiger charge is 2.34. The van der Waals surface area contributed by atoms with E-state index >= 15 is 0 Å². The molecular formula is C34H30BrCl2IN2O6S. The van der Waals surface area contributed by atoms with E-state index in [2.05, 4.69) is 38.5 Å². The summed E-state index contributed by atoms with van der Waals surface area (Å²) >= 11 is 19.3. The van der Waals surface area contributed by atoms with Gasteiger partial charge in [0.1, 0.15) is 12.4 Å². The molecule has 0 bridgehead atoms. The fourth-order valence-electron chi connectivity index (χ4n) is 5.08. The Bertz CT molecular complexity index is 2080. The number of aromatic nitrogens is 1. The first-order valence-electron chi connectivity index (χ1n) is 14.5. The number of benzene rings is 3. The molecule has 0 aliphatic carbocycles. The molecule has 5 rings (SSSR count). The van der Waals surface area contributed by atoms with Crippen molar-refractivity contribution in [2.45, 2.75) is 46.4 Å². The van der Waals surface area contributed by atoms with Crippen LogP contribution in [0.25, 0.3) is 6.08 Å². The first-order valence-corrected chi connectivity index (χ1v) is 18.0. The van der Waals surface area contributed by atoms with Crippen molar-refractivity contribution in [3.05, 3.63) is 114 Å². The average molecular weight is 872 g/mol. The molecule has 0 saturated heterocycles. The van der Waals surface area contributed by atoms with Crippen molar-refractivity contribution in [1.29, 1.82) is 0 Å². The Kier molecular flexibility index (Phi) is 11.4. The highest BCUT2D eigenvalue weighted by atomic mass is 127. The van der Waals surface area contributed by atoms with Gasteiger partial charge in [0.05, 0.1) is 55.3 Å². The van der Waals surface area contributed by atoms with Crippen LogP contribution in [0.3, 0.4) is 0 Å². The molecule has 0 radical (unpaired) electrons. The molecule has 2 heterocycles. The third-order valence-electron chi connectivity index (χ3n) is 7.07. The molecule has 0 saturated carbocycles. The zero-order valence-corrected chi connectivity index (χ0v) is 32.1. The maximum absolute atomic E-state index is 14.3. The molecule has 0 amide bonds. The van der Waals surface area contributed by atoms with Gasteiger partial charge >= 0.3 is 5.97 Å². The van der Waals surface area contributed by atoms with Crippen LogP contribution < -0.4 is 29.1 Å². The lowest BCUT2D eigenvalue weighted by atomic mass is 9.95. The van der Waals surface area contributed by atoms with Crippen molar-refractivity contribution in [2.75, 3.05) is 13.7 Å². The Labute approximate surface area is 307 Å². The minimum atomic E-state index is -0.817. The zero-order valence-electron chi connectivity index (χ0n) is 26.0. The lowest BCUT2D eigenvalue weighted by Crippen LogP contribution is -2.40. The topological polar surface area (TPSA) is 88.4 Å². The van der Waals surface area contributed by atoms with Gasteiger partial charge in [0, 0.05) is 10.0 Å². The summed E-state index contributed by atoms with van der Waals surface area (Å²) in [5, 5.41) is 0.897. The number of carbonyl (C=O) groups excluding carboxylic acids is 1. The molecular weight excluding hydrogens is 842 g/mol. The van der Waals surface area contributed by atoms with Crippen LogP contribution >= 0.6 is 73.1 Å². The first kappa shape index (κ1) is 35.5. The van der Waals surface area contributed by atoms with Crippen LogP contribution in [0.2, 0.25) is 10.0 Å². The van der Waals surface area contributed by atoms with Crippen LogP contribution in [0.5, 0.6) is 17.2 Å². The molecule has 246 valence electrons. The molecule has 1 aliphatic rings. The largest absolute Gasteiger partial charge is 0.493 e. The van der Waals surface area contributed by atoms with Crippen molar-refractivity contribution in [3.63, 3.8) is 0 Å². The third-order valence-corrected chi connectivity index (χ3v) is 10.1. The minimum absolute atomic E-state index is 0.0800. The van der Waals surface area contributed by atoms with Crippen LogP contribution in [-0.4, -0.2) is 30.4 Å². The Hall–Kier alpha value is -2.84. The SMILES string of the molecule is CCOC(=O)C1=C(C)N=c2s/c(=C/c3cc(Br)cc(I)c3OCc3ccc(Cl)c(Cl)c3)c(=O)n2[C@@H]1c1ccc(OC(C)C)c(OC)c1. The second-order valence-electron chi connectivity index (χ2n) is 10.7. The summed E-state index contributed by atoms with van der Waals surface area (Å²) in [6.07, 6.45) is 1.70. The van der Waals surface area contributed by atoms with Gasteiger partial charge in [0.25, 0.3) is 5.56 Å². The number of rotatable bonds is 10. The van der Waals surface area contributed by atoms with Crippen LogP contribution in [0, 0.1) is 3.57 Å². The van der Waals surface area contributed by atoms with Crippen molar-refractivity contribution < 1.29 is 23.7 Å². The summed E-state index contributed by atoms with van der Waals surface area (Å²) in [4.78, 5) is 32.8. The molecule has 3 aromatic carbocycles. The monoisotopic (exact) mass is 870 g/mol. The Morgan fingerprint density at radius 1 is 1.13 bits per heavy atom. The summed E-state index contributed by atoms with van der Waals surface area (Å²) in [6.45, 7) is 7.73. The molecule has 47 heavy (non-hydrogen) atoms. The minimum Gasteiger partial charge on any atom is -0.493 e. The van der Waals surface area contributed by atoms with E-state index < -0.39 is 12.0 Å². The van der Waals surface area contributed by atoms with Crippen LogP contribution in [-0.2, 0) is 16.1 Å². The third kappa shape index (κ3) is 7.75. The molecule has 1 aromatic heterocycles. The maximum Gasteiger partial charge on any atom is 0.338 e. The molecule has 1 aliphatic heterocycles. The zero-order chi connectivity index (χ0) is 34.0. The summed E-state index contributed by atoms with van der Waals surface area (Å²) in [5.74, 6) is 1.07. The van der Waals surface area contributed by atoms with Gasteiger partial charge in [-0.05, 0) is 104 Å². The fourth-order valence-corrected chi connectivity index (χ4v) is 8.14. The second kappa shape index (κ2) is 15.1. The van der Waals surface area contributed by atoms with E-state index in [1.165, 1.54) is 15.9 Å². The van der Waals surface area contributed by atoms with Gasteiger partial charge in [-0.15, -0.1) is 0 Å². The quantitative estimate of drug-likeness (QED) is 0.119. The number of halogens is 4. The number of hydrogen-bond donors (Lipinski definition) is 0. The number of thiazole rings is 1. The lowest BCUT2D eigenvalue weighted by molar-refractivity contribution is -0.139. The molecule has 4 aromatic rings. The van der Waals surface area contributed by atoms with Crippen molar-refractivity contribution in [1.82, 2.24) is 4.57 Å². The standard InChI is InChI=1S/C34H30BrCl2IN2O6S/c1-6-44-33(42)29-18(4)39-34-40(30(29)20-8-10-26(46-17(2)3)27(13-20)43-5)32(41)28(47-34)14-21-12-22(35)15-25(38)31(21)45-16-19-7-9-23(36)24(37)11-19/h7-15,17,30H,6,16H2,1-5H3/b28-14+/t30-/m1/s1. The van der Waals surface area contributed by atoms with E-state index in [0.717, 1.165) is 13.6 Å². The van der Waals surface area contributed by atoms with Crippen molar-refractivity contribution >= 4 is 85.1 Å². The Morgan fingerprint density at radius 2 is 1.89 bits per heavy atom. The van der Waals surface area contributed by atoms with E-state index in [1.807, 2.05) is 38.1 Å². The number of carbonyl (C=O) groups is 1. The molecule has 13 heteroatoms. The van der Waals surface area contributed by atoms with Crippen LogP contribution in [0.1, 0.15) is 50.4 Å². The first-order chi connectivity index (χ1) is 22.4. The summed E-state index contributed by atoms with van der Waals surface area (Å²) in [5.41, 5.74) is 2.58. The number of methoxy groups -OCH3 is 1. The number of nitrogens with zero attached hydrogens (tertiary/aromatic N) is 2. The van der Waals surface area contributed by atoms with Gasteiger partial charge in [-0.1, -0.05) is 62.6 Å². The summed E-state index contributed by atoms with van der Waals surface area (Å²) < 4.78 is 26.9. The number of esters is 1. The molecule has 0 N–H and O–H groups in total. The van der Waals surface area contributed by atoms with Gasteiger partial charge in [-0.3, -0.25) is 9.36 Å². The number of fused-ring (bicyclic) bond motifs is 1. The number of hydrogen-bond acceptors (Lipinski definition) is 8. The molecule has 0 spiro atoms. The molecule has 0 unspecified atom stereocenters. The van der Waals surface area contributed by atoms with Crippen LogP contribution in [0.4, 0.5) is 0 Å².